The second-order valence-corrected chi connectivity index (χ2v) is 3.30. The zero-order valence-electron chi connectivity index (χ0n) is 8.11. The fourth-order valence-corrected chi connectivity index (χ4v) is 1.13. The van der Waals surface area contributed by atoms with Crippen molar-refractivity contribution < 1.29 is 27.5 Å². The van der Waals surface area contributed by atoms with Crippen LogP contribution < -0.4 is 5.32 Å². The molecule has 1 rings (SSSR count). The molecule has 0 saturated carbocycles. The van der Waals surface area contributed by atoms with Gasteiger partial charge in [0.05, 0.1) is 11.3 Å². The summed E-state index contributed by atoms with van der Waals surface area (Å²) in [5, 5.41) is 11.2. The Morgan fingerprint density at radius 3 is 2.47 bits per heavy atom. The Hall–Kier alpha value is -1.50. The number of phenolic OH excluding ortho intramolecular Hbond substituents is 1. The lowest BCUT2D eigenvalue weighted by atomic mass is 10.1. The summed E-state index contributed by atoms with van der Waals surface area (Å²) in [6, 6.07) is 0.571. The number of alkyl halides is 4. The number of anilines is 1. The van der Waals surface area contributed by atoms with E-state index in [0.717, 1.165) is 0 Å². The van der Waals surface area contributed by atoms with Crippen molar-refractivity contribution in [2.75, 3.05) is 11.2 Å². The minimum atomic E-state index is -4.92. The van der Waals surface area contributed by atoms with Crippen molar-refractivity contribution in [1.82, 2.24) is 0 Å². The lowest BCUT2D eigenvalue weighted by Gasteiger charge is -2.11. The van der Waals surface area contributed by atoms with Gasteiger partial charge in [0, 0.05) is 6.07 Å². The number of hydrogen-bond acceptors (Lipinski definition) is 2. The molecule has 0 radical (unpaired) electrons. The Morgan fingerprint density at radius 1 is 1.41 bits per heavy atom. The van der Waals surface area contributed by atoms with E-state index in [1.165, 1.54) is 0 Å². The molecule has 8 heteroatoms. The zero-order chi connectivity index (χ0) is 13.2. The average Bonchev–Trinajstić information content (AvgIpc) is 2.21. The van der Waals surface area contributed by atoms with Gasteiger partial charge in [0.1, 0.15) is 17.4 Å². The van der Waals surface area contributed by atoms with Gasteiger partial charge in [0.2, 0.25) is 5.91 Å². The van der Waals surface area contributed by atoms with Gasteiger partial charge in [-0.15, -0.1) is 11.6 Å². The molecule has 0 atom stereocenters. The monoisotopic (exact) mass is 271 g/mol. The van der Waals surface area contributed by atoms with Gasteiger partial charge in [-0.3, -0.25) is 4.79 Å². The first kappa shape index (κ1) is 13.6. The van der Waals surface area contributed by atoms with Gasteiger partial charge >= 0.3 is 6.18 Å². The number of hydrogen-bond donors (Lipinski definition) is 2. The third-order valence-corrected chi connectivity index (χ3v) is 2.03. The normalized spacial score (nSPS) is 11.4. The third kappa shape index (κ3) is 3.23. The van der Waals surface area contributed by atoms with E-state index in [0.29, 0.717) is 6.07 Å². The first-order chi connectivity index (χ1) is 7.75. The van der Waals surface area contributed by atoms with Crippen molar-refractivity contribution in [3.05, 3.63) is 23.5 Å². The molecule has 94 valence electrons. The Labute approximate surface area is 98.0 Å². The molecule has 0 aromatic heterocycles. The van der Waals surface area contributed by atoms with Crippen molar-refractivity contribution >= 4 is 23.2 Å². The fourth-order valence-electron chi connectivity index (χ4n) is 1.06. The summed E-state index contributed by atoms with van der Waals surface area (Å²) in [7, 11) is 0. The van der Waals surface area contributed by atoms with Gasteiger partial charge in [-0.1, -0.05) is 0 Å². The lowest BCUT2D eigenvalue weighted by Crippen LogP contribution is -2.14. The molecule has 0 unspecified atom stereocenters. The molecule has 1 aromatic rings. The van der Waals surface area contributed by atoms with Crippen molar-refractivity contribution in [3.8, 4) is 5.75 Å². The number of rotatable bonds is 2. The van der Waals surface area contributed by atoms with E-state index in [9.17, 15) is 27.5 Å². The minimum Gasteiger partial charge on any atom is -0.506 e. The van der Waals surface area contributed by atoms with Gasteiger partial charge in [-0.25, -0.2) is 4.39 Å². The van der Waals surface area contributed by atoms with Gasteiger partial charge < -0.3 is 10.4 Å². The molecule has 0 spiro atoms. The third-order valence-electron chi connectivity index (χ3n) is 1.79. The molecule has 0 heterocycles. The number of halogens is 5. The smallest absolute Gasteiger partial charge is 0.419 e. The Balaban J connectivity index is 3.14. The highest BCUT2D eigenvalue weighted by Crippen LogP contribution is 2.36. The summed E-state index contributed by atoms with van der Waals surface area (Å²) in [6.45, 7) is 0. The topological polar surface area (TPSA) is 49.3 Å². The Kier molecular flexibility index (Phi) is 3.82. The van der Waals surface area contributed by atoms with E-state index in [1.807, 2.05) is 5.32 Å². The quantitative estimate of drug-likeness (QED) is 0.494. The maximum atomic E-state index is 13.1. The summed E-state index contributed by atoms with van der Waals surface area (Å²) >= 11 is 5.13. The standard InChI is InChI=1S/C9H6ClF4NO2/c10-3-8(17)15-6-2-5(11)4(1-7(6)16)9(12,13)14/h1-2,16H,3H2,(H,15,17). The van der Waals surface area contributed by atoms with Crippen LogP contribution in [0.2, 0.25) is 0 Å². The molecular weight excluding hydrogens is 266 g/mol. The number of carbonyl (C=O) groups is 1. The molecule has 0 saturated heterocycles. The summed E-state index contributed by atoms with van der Waals surface area (Å²) < 4.78 is 49.8. The van der Waals surface area contributed by atoms with E-state index >= 15 is 0 Å². The van der Waals surface area contributed by atoms with Crippen LogP contribution in [0.5, 0.6) is 5.75 Å². The number of carbonyl (C=O) groups excluding carboxylic acids is 1. The maximum absolute atomic E-state index is 13.1. The molecular formula is C9H6ClF4NO2. The van der Waals surface area contributed by atoms with Crippen LogP contribution in [-0.2, 0) is 11.0 Å². The van der Waals surface area contributed by atoms with Crippen LogP contribution in [0, 0.1) is 5.82 Å². The van der Waals surface area contributed by atoms with Gasteiger partial charge in [-0.2, -0.15) is 13.2 Å². The van der Waals surface area contributed by atoms with Gasteiger partial charge in [0.15, 0.2) is 0 Å². The molecule has 2 N–H and O–H groups in total. The van der Waals surface area contributed by atoms with E-state index < -0.39 is 40.8 Å². The van der Waals surface area contributed by atoms with Crippen molar-refractivity contribution in [2.24, 2.45) is 0 Å². The van der Waals surface area contributed by atoms with Crippen LogP contribution in [0.25, 0.3) is 0 Å². The van der Waals surface area contributed by atoms with Crippen LogP contribution in [0.15, 0.2) is 12.1 Å². The lowest BCUT2D eigenvalue weighted by molar-refractivity contribution is -0.140. The SMILES string of the molecule is O=C(CCl)Nc1cc(F)c(C(F)(F)F)cc1O. The van der Waals surface area contributed by atoms with Crippen LogP contribution >= 0.6 is 11.6 Å². The molecule has 0 fully saturated rings. The summed E-state index contributed by atoms with van der Waals surface area (Å²) in [5.41, 5.74) is -2.08. The molecule has 0 bridgehead atoms. The van der Waals surface area contributed by atoms with Gasteiger partial charge in [0.25, 0.3) is 0 Å². The van der Waals surface area contributed by atoms with E-state index in [2.05, 4.69) is 0 Å². The van der Waals surface area contributed by atoms with Crippen molar-refractivity contribution in [2.45, 2.75) is 6.18 Å². The molecule has 1 amide bonds. The maximum Gasteiger partial charge on any atom is 0.419 e. The first-order valence-corrected chi connectivity index (χ1v) is 4.74. The number of benzene rings is 1. The number of aromatic hydroxyl groups is 1. The van der Waals surface area contributed by atoms with Crippen molar-refractivity contribution in [1.29, 1.82) is 0 Å². The fraction of sp³-hybridized carbons (Fsp3) is 0.222. The highest BCUT2D eigenvalue weighted by Gasteiger charge is 2.35. The molecule has 1 aromatic carbocycles. The largest absolute Gasteiger partial charge is 0.506 e. The average molecular weight is 272 g/mol. The Morgan fingerprint density at radius 2 is 2.00 bits per heavy atom. The van der Waals surface area contributed by atoms with Crippen LogP contribution in [0.3, 0.4) is 0 Å². The Bertz CT molecular complexity index is 447. The first-order valence-electron chi connectivity index (χ1n) is 4.21. The summed E-state index contributed by atoms with van der Waals surface area (Å²) in [4.78, 5) is 10.8. The number of nitrogens with one attached hydrogen (secondary N) is 1. The summed E-state index contributed by atoms with van der Waals surface area (Å²) in [5.74, 6) is -3.74. The molecule has 0 aliphatic rings. The van der Waals surface area contributed by atoms with E-state index in [1.54, 1.807) is 0 Å². The minimum absolute atomic E-state index is 0.194. The summed E-state index contributed by atoms with van der Waals surface area (Å²) in [6.07, 6.45) is -4.92. The highest BCUT2D eigenvalue weighted by molar-refractivity contribution is 6.29. The zero-order valence-corrected chi connectivity index (χ0v) is 8.86. The van der Waals surface area contributed by atoms with E-state index in [-0.39, 0.29) is 6.07 Å². The number of amides is 1. The van der Waals surface area contributed by atoms with Crippen LogP contribution in [0.1, 0.15) is 5.56 Å². The predicted molar refractivity (Wildman–Crippen MR) is 52.4 cm³/mol. The highest BCUT2D eigenvalue weighted by atomic mass is 35.5. The van der Waals surface area contributed by atoms with Crippen molar-refractivity contribution in [3.63, 3.8) is 0 Å². The van der Waals surface area contributed by atoms with Crippen LogP contribution in [0.4, 0.5) is 23.2 Å². The van der Waals surface area contributed by atoms with Gasteiger partial charge in [-0.05, 0) is 6.07 Å². The number of phenols is 1. The predicted octanol–water partition coefficient (Wildman–Crippen LogP) is 2.73. The second-order valence-electron chi connectivity index (χ2n) is 3.03. The molecule has 0 aliphatic heterocycles. The molecule has 17 heavy (non-hydrogen) atoms. The second kappa shape index (κ2) is 4.79. The van der Waals surface area contributed by atoms with E-state index in [4.69, 9.17) is 11.6 Å². The molecule has 3 nitrogen and oxygen atoms in total. The van der Waals surface area contributed by atoms with Crippen LogP contribution in [-0.4, -0.2) is 16.9 Å². The molecule has 0 aliphatic carbocycles.